The number of rotatable bonds is 2. The number of nitrogens with one attached hydrogen (secondary N) is 1. The van der Waals surface area contributed by atoms with Gasteiger partial charge in [-0.25, -0.2) is 4.98 Å². The highest BCUT2D eigenvalue weighted by molar-refractivity contribution is 7.71. The van der Waals surface area contributed by atoms with Crippen molar-refractivity contribution in [3.8, 4) is 11.5 Å². The van der Waals surface area contributed by atoms with Crippen LogP contribution >= 0.6 is 12.2 Å². The van der Waals surface area contributed by atoms with Crippen LogP contribution in [0.4, 0.5) is 0 Å². The highest BCUT2D eigenvalue weighted by Gasteiger charge is 2.12. The number of H-pyrrole nitrogens is 1. The summed E-state index contributed by atoms with van der Waals surface area (Å²) in [5, 5.41) is 6.96. The van der Waals surface area contributed by atoms with Gasteiger partial charge in [0.05, 0.1) is 11.9 Å². The molecule has 0 fully saturated rings. The Bertz CT molecular complexity index is 537. The van der Waals surface area contributed by atoms with Gasteiger partial charge in [0.1, 0.15) is 5.69 Å². The number of aromatic amines is 1. The van der Waals surface area contributed by atoms with Gasteiger partial charge in [-0.15, -0.1) is 0 Å². The number of aryl methyl sites for hydroxylation is 1. The quantitative estimate of drug-likeness (QED) is 0.811. The highest BCUT2D eigenvalue weighted by atomic mass is 32.1. The molecule has 6 heteroatoms. The zero-order chi connectivity index (χ0) is 11.7. The normalized spacial score (nSPS) is 11.0. The van der Waals surface area contributed by atoms with Crippen LogP contribution in [-0.4, -0.2) is 24.7 Å². The predicted octanol–water partition coefficient (Wildman–Crippen LogP) is 2.29. The smallest absolute Gasteiger partial charge is 0.195 e. The summed E-state index contributed by atoms with van der Waals surface area (Å²) in [5.74, 6) is 0.729. The van der Waals surface area contributed by atoms with Crippen molar-refractivity contribution in [1.29, 1.82) is 0 Å². The molecule has 84 valence electrons. The molecule has 0 spiro atoms. The second-order valence-electron chi connectivity index (χ2n) is 3.86. The topological polar surface area (TPSA) is 59.4 Å². The van der Waals surface area contributed by atoms with Gasteiger partial charge in [-0.1, -0.05) is 0 Å². The molecule has 0 aliphatic rings. The summed E-state index contributed by atoms with van der Waals surface area (Å²) in [5.41, 5.74) is 1.61. The Hall–Kier alpha value is -1.56. The Labute approximate surface area is 98.6 Å². The third-order valence-corrected chi connectivity index (χ3v) is 2.52. The van der Waals surface area contributed by atoms with Crippen LogP contribution in [0.2, 0.25) is 0 Å². The fourth-order valence-electron chi connectivity index (χ4n) is 1.47. The molecule has 0 aliphatic heterocycles. The van der Waals surface area contributed by atoms with Gasteiger partial charge < -0.3 is 0 Å². The molecule has 16 heavy (non-hydrogen) atoms. The van der Waals surface area contributed by atoms with E-state index in [1.807, 2.05) is 11.5 Å². The monoisotopic (exact) mass is 235 g/mol. The van der Waals surface area contributed by atoms with E-state index in [1.165, 1.54) is 0 Å². The van der Waals surface area contributed by atoms with Gasteiger partial charge in [-0.2, -0.15) is 5.10 Å². The molecule has 2 aromatic rings. The summed E-state index contributed by atoms with van der Waals surface area (Å²) in [4.78, 5) is 8.49. The zero-order valence-corrected chi connectivity index (χ0v) is 10.2. The molecule has 0 saturated heterocycles. The first-order valence-corrected chi connectivity index (χ1v) is 5.46. The second-order valence-corrected chi connectivity index (χ2v) is 4.25. The van der Waals surface area contributed by atoms with Crippen molar-refractivity contribution in [2.75, 3.05) is 0 Å². The van der Waals surface area contributed by atoms with E-state index >= 15 is 0 Å². The predicted molar refractivity (Wildman–Crippen MR) is 63.6 cm³/mol. The lowest BCUT2D eigenvalue weighted by molar-refractivity contribution is 0.596. The van der Waals surface area contributed by atoms with Crippen LogP contribution in [0.15, 0.2) is 12.4 Å². The molecule has 0 atom stereocenters. The van der Waals surface area contributed by atoms with Crippen LogP contribution in [0.3, 0.4) is 0 Å². The van der Waals surface area contributed by atoms with Crippen LogP contribution in [0.5, 0.6) is 0 Å². The van der Waals surface area contributed by atoms with E-state index in [0.717, 1.165) is 17.2 Å². The lowest BCUT2D eigenvalue weighted by Crippen LogP contribution is -2.04. The number of aromatic nitrogens is 5. The minimum Gasteiger partial charge on any atom is -0.296 e. The van der Waals surface area contributed by atoms with Crippen molar-refractivity contribution >= 4 is 12.2 Å². The second kappa shape index (κ2) is 4.13. The molecule has 2 aromatic heterocycles. The van der Waals surface area contributed by atoms with Gasteiger partial charge in [-0.05, 0) is 33.0 Å². The molecule has 1 N–H and O–H groups in total. The van der Waals surface area contributed by atoms with Gasteiger partial charge in [0.2, 0.25) is 0 Å². The van der Waals surface area contributed by atoms with E-state index in [4.69, 9.17) is 12.2 Å². The molecule has 2 heterocycles. The van der Waals surface area contributed by atoms with Gasteiger partial charge in [0.25, 0.3) is 0 Å². The van der Waals surface area contributed by atoms with Crippen molar-refractivity contribution in [1.82, 2.24) is 24.7 Å². The first kappa shape index (κ1) is 10.9. The van der Waals surface area contributed by atoms with Crippen LogP contribution in [0.25, 0.3) is 11.5 Å². The van der Waals surface area contributed by atoms with E-state index in [1.54, 1.807) is 12.4 Å². The lowest BCUT2D eigenvalue weighted by atomic mass is 10.3. The molecule has 0 aliphatic carbocycles. The van der Waals surface area contributed by atoms with Crippen LogP contribution < -0.4 is 0 Å². The minimum atomic E-state index is 0.240. The van der Waals surface area contributed by atoms with Crippen molar-refractivity contribution in [3.05, 3.63) is 22.9 Å². The molecule has 0 radical (unpaired) electrons. The maximum atomic E-state index is 5.17. The Kier molecular flexibility index (Phi) is 2.82. The SMILES string of the molecule is Cc1cnc(-c2n[nH]c(=S)n2C(C)C)cn1. The Morgan fingerprint density at radius 3 is 2.62 bits per heavy atom. The summed E-state index contributed by atoms with van der Waals surface area (Å²) in [7, 11) is 0. The van der Waals surface area contributed by atoms with E-state index < -0.39 is 0 Å². The van der Waals surface area contributed by atoms with E-state index in [0.29, 0.717) is 4.77 Å². The first-order chi connectivity index (χ1) is 7.59. The van der Waals surface area contributed by atoms with Crippen LogP contribution in [0.1, 0.15) is 25.6 Å². The lowest BCUT2D eigenvalue weighted by Gasteiger charge is -2.09. The van der Waals surface area contributed by atoms with E-state index in [9.17, 15) is 0 Å². The fourth-order valence-corrected chi connectivity index (χ4v) is 1.82. The average Bonchev–Trinajstić information content (AvgIpc) is 2.61. The molecule has 0 unspecified atom stereocenters. The summed E-state index contributed by atoms with van der Waals surface area (Å²) in [6.45, 7) is 6.00. The van der Waals surface area contributed by atoms with E-state index in [2.05, 4.69) is 34.0 Å². The Morgan fingerprint density at radius 2 is 2.06 bits per heavy atom. The largest absolute Gasteiger partial charge is 0.296 e. The maximum Gasteiger partial charge on any atom is 0.195 e. The van der Waals surface area contributed by atoms with E-state index in [-0.39, 0.29) is 6.04 Å². The third kappa shape index (κ3) is 1.88. The number of hydrogen-bond donors (Lipinski definition) is 1. The summed E-state index contributed by atoms with van der Waals surface area (Å²) in [6.07, 6.45) is 3.43. The summed E-state index contributed by atoms with van der Waals surface area (Å²) < 4.78 is 2.53. The van der Waals surface area contributed by atoms with Gasteiger partial charge in [0, 0.05) is 12.2 Å². The maximum absolute atomic E-state index is 5.17. The van der Waals surface area contributed by atoms with Gasteiger partial charge in [-0.3, -0.25) is 14.6 Å². The minimum absolute atomic E-state index is 0.240. The molecule has 5 nitrogen and oxygen atoms in total. The first-order valence-electron chi connectivity index (χ1n) is 5.05. The molecule has 0 bridgehead atoms. The highest BCUT2D eigenvalue weighted by Crippen LogP contribution is 2.17. The molecule has 0 saturated carbocycles. The molecule has 0 amide bonds. The zero-order valence-electron chi connectivity index (χ0n) is 9.43. The average molecular weight is 235 g/mol. The van der Waals surface area contributed by atoms with Crippen LogP contribution in [0, 0.1) is 11.7 Å². The summed E-state index contributed by atoms with van der Waals surface area (Å²) >= 11 is 5.17. The van der Waals surface area contributed by atoms with Crippen molar-refractivity contribution in [3.63, 3.8) is 0 Å². The molecular weight excluding hydrogens is 222 g/mol. The Morgan fingerprint density at radius 1 is 1.31 bits per heavy atom. The summed E-state index contributed by atoms with van der Waals surface area (Å²) in [6, 6.07) is 0.240. The van der Waals surface area contributed by atoms with Crippen LogP contribution in [-0.2, 0) is 0 Å². The number of nitrogens with zero attached hydrogens (tertiary/aromatic N) is 4. The van der Waals surface area contributed by atoms with Crippen molar-refractivity contribution in [2.24, 2.45) is 0 Å². The van der Waals surface area contributed by atoms with Crippen molar-refractivity contribution in [2.45, 2.75) is 26.8 Å². The number of hydrogen-bond acceptors (Lipinski definition) is 4. The standard InChI is InChI=1S/C10H13N5S/c1-6(2)15-9(13-14-10(15)16)8-5-11-7(3)4-12-8/h4-6H,1-3H3,(H,14,16). The fraction of sp³-hybridized carbons (Fsp3) is 0.400. The third-order valence-electron chi connectivity index (χ3n) is 2.23. The van der Waals surface area contributed by atoms with Gasteiger partial charge in [0.15, 0.2) is 10.6 Å². The molecular formula is C10H13N5S. The Balaban J connectivity index is 2.56. The van der Waals surface area contributed by atoms with Gasteiger partial charge >= 0.3 is 0 Å². The van der Waals surface area contributed by atoms with Crippen molar-refractivity contribution < 1.29 is 0 Å². The molecule has 2 rings (SSSR count). The molecule has 0 aromatic carbocycles.